The number of nitrogens with zero attached hydrogens (tertiary/aromatic N) is 1. The second-order valence-electron chi connectivity index (χ2n) is 5.42. The molecule has 17 heavy (non-hydrogen) atoms. The average Bonchev–Trinajstić information content (AvgIpc) is 2.35. The van der Waals surface area contributed by atoms with Crippen molar-refractivity contribution >= 4 is 5.97 Å². The molecule has 1 aliphatic carbocycles. The Bertz CT molecular complexity index is 234. The van der Waals surface area contributed by atoms with Crippen molar-refractivity contribution in [2.75, 3.05) is 13.7 Å². The Morgan fingerprint density at radius 3 is 2.47 bits per heavy atom. The molecule has 3 nitrogen and oxygen atoms in total. The Hall–Kier alpha value is -0.570. The highest BCUT2D eigenvalue weighted by atomic mass is 16.5. The highest BCUT2D eigenvalue weighted by Gasteiger charge is 2.28. The van der Waals surface area contributed by atoms with Crippen LogP contribution < -0.4 is 0 Å². The van der Waals surface area contributed by atoms with E-state index in [0.29, 0.717) is 12.6 Å². The number of ether oxygens (including phenoxy) is 1. The highest BCUT2D eigenvalue weighted by molar-refractivity contribution is 5.75. The number of rotatable bonds is 5. The summed E-state index contributed by atoms with van der Waals surface area (Å²) in [4.78, 5) is 14.0. The van der Waals surface area contributed by atoms with E-state index < -0.39 is 0 Å². The van der Waals surface area contributed by atoms with Crippen molar-refractivity contribution in [3.63, 3.8) is 0 Å². The molecule has 0 spiro atoms. The van der Waals surface area contributed by atoms with E-state index in [9.17, 15) is 4.79 Å². The molecule has 1 saturated carbocycles. The summed E-state index contributed by atoms with van der Waals surface area (Å²) in [5, 5.41) is 0. The first kappa shape index (κ1) is 14.5. The van der Waals surface area contributed by atoms with Crippen LogP contribution in [0, 0.1) is 5.92 Å². The van der Waals surface area contributed by atoms with Crippen molar-refractivity contribution in [2.24, 2.45) is 5.92 Å². The first-order valence-electron chi connectivity index (χ1n) is 6.94. The molecule has 0 saturated heterocycles. The molecule has 0 heterocycles. The molecule has 0 amide bonds. The third-order valence-corrected chi connectivity index (χ3v) is 3.96. The Kier molecular flexibility index (Phi) is 5.96. The number of hydrogen-bond acceptors (Lipinski definition) is 3. The minimum absolute atomic E-state index is 0.0760. The molecule has 0 N–H and O–H groups in total. The minimum Gasteiger partial charge on any atom is -0.465 e. The molecule has 1 rings (SSSR count). The number of hydrogen-bond donors (Lipinski definition) is 0. The van der Waals surface area contributed by atoms with Crippen molar-refractivity contribution in [1.29, 1.82) is 0 Å². The van der Waals surface area contributed by atoms with Crippen molar-refractivity contribution in [2.45, 2.75) is 65.0 Å². The fraction of sp³-hybridized carbons (Fsp3) is 0.929. The lowest BCUT2D eigenvalue weighted by atomic mass is 9.86. The van der Waals surface area contributed by atoms with Crippen LogP contribution in [0.2, 0.25) is 0 Å². The van der Waals surface area contributed by atoms with E-state index in [1.165, 1.54) is 25.7 Å². The molecule has 0 aromatic heterocycles. The quantitative estimate of drug-likeness (QED) is 0.693. The topological polar surface area (TPSA) is 29.5 Å². The number of esters is 1. The summed E-state index contributed by atoms with van der Waals surface area (Å²) in [6.45, 7) is 6.83. The number of carbonyl (C=O) groups is 1. The van der Waals surface area contributed by atoms with Crippen molar-refractivity contribution in [3.8, 4) is 0 Å². The molecule has 0 aliphatic heterocycles. The van der Waals surface area contributed by atoms with Crippen LogP contribution in [0.5, 0.6) is 0 Å². The van der Waals surface area contributed by atoms with Gasteiger partial charge in [-0.25, -0.2) is 0 Å². The van der Waals surface area contributed by atoms with E-state index in [1.54, 1.807) is 0 Å². The molecule has 1 atom stereocenters. The van der Waals surface area contributed by atoms with Gasteiger partial charge in [0, 0.05) is 6.04 Å². The normalized spacial score (nSPS) is 26.9. The molecule has 100 valence electrons. The van der Waals surface area contributed by atoms with Crippen molar-refractivity contribution in [3.05, 3.63) is 0 Å². The Balaban J connectivity index is 2.40. The van der Waals surface area contributed by atoms with Crippen molar-refractivity contribution in [1.82, 2.24) is 4.90 Å². The van der Waals surface area contributed by atoms with Gasteiger partial charge >= 0.3 is 5.97 Å². The summed E-state index contributed by atoms with van der Waals surface area (Å²) in [6.07, 6.45) is 5.88. The lowest BCUT2D eigenvalue weighted by molar-refractivity contribution is -0.150. The van der Waals surface area contributed by atoms with Crippen LogP contribution in [0.1, 0.15) is 52.9 Å². The van der Waals surface area contributed by atoms with Gasteiger partial charge in [0.2, 0.25) is 0 Å². The predicted molar refractivity (Wildman–Crippen MR) is 69.9 cm³/mol. The first-order chi connectivity index (χ1) is 8.06. The summed E-state index contributed by atoms with van der Waals surface area (Å²) in [7, 11) is 2.05. The lowest BCUT2D eigenvalue weighted by Gasteiger charge is -2.36. The van der Waals surface area contributed by atoms with Gasteiger partial charge in [0.15, 0.2) is 0 Å². The monoisotopic (exact) mass is 241 g/mol. The second kappa shape index (κ2) is 7.00. The van der Waals surface area contributed by atoms with Gasteiger partial charge in [-0.3, -0.25) is 9.69 Å². The molecule has 0 unspecified atom stereocenters. The molecule has 0 aromatic rings. The Labute approximate surface area is 106 Å². The summed E-state index contributed by atoms with van der Waals surface area (Å²) in [5.41, 5.74) is 0. The fourth-order valence-electron chi connectivity index (χ4n) is 2.46. The van der Waals surface area contributed by atoms with Gasteiger partial charge in [0.25, 0.3) is 0 Å². The maximum absolute atomic E-state index is 11.8. The van der Waals surface area contributed by atoms with Crippen LogP contribution in [0.3, 0.4) is 0 Å². The molecular weight excluding hydrogens is 214 g/mol. The van der Waals surface area contributed by atoms with E-state index in [2.05, 4.69) is 18.9 Å². The predicted octanol–water partition coefficient (Wildman–Crippen LogP) is 2.84. The van der Waals surface area contributed by atoms with E-state index in [-0.39, 0.29) is 12.0 Å². The van der Waals surface area contributed by atoms with Crippen LogP contribution in [0.25, 0.3) is 0 Å². The number of carbonyl (C=O) groups excluding carboxylic acids is 1. The van der Waals surface area contributed by atoms with Gasteiger partial charge in [-0.1, -0.05) is 13.8 Å². The van der Waals surface area contributed by atoms with Crippen LogP contribution in [0.15, 0.2) is 0 Å². The van der Waals surface area contributed by atoms with Gasteiger partial charge < -0.3 is 4.74 Å². The zero-order valence-electron chi connectivity index (χ0n) is 11.7. The van der Waals surface area contributed by atoms with Gasteiger partial charge in [-0.2, -0.15) is 0 Å². The number of likely N-dealkylation sites (N-methyl/N-ethyl adjacent to an activating group) is 1. The van der Waals surface area contributed by atoms with Crippen molar-refractivity contribution < 1.29 is 9.53 Å². The summed E-state index contributed by atoms with van der Waals surface area (Å²) in [6, 6.07) is 0.440. The summed E-state index contributed by atoms with van der Waals surface area (Å²) >= 11 is 0. The van der Waals surface area contributed by atoms with Gasteiger partial charge in [0.05, 0.1) is 6.61 Å². The van der Waals surface area contributed by atoms with Crippen LogP contribution in [-0.2, 0) is 9.53 Å². The summed E-state index contributed by atoms with van der Waals surface area (Å²) in [5.74, 6) is 0.773. The zero-order valence-corrected chi connectivity index (χ0v) is 11.7. The molecule has 0 bridgehead atoms. The lowest BCUT2D eigenvalue weighted by Crippen LogP contribution is -2.45. The maximum Gasteiger partial charge on any atom is 0.323 e. The Morgan fingerprint density at radius 1 is 1.35 bits per heavy atom. The second-order valence-corrected chi connectivity index (χ2v) is 5.42. The van der Waals surface area contributed by atoms with Crippen LogP contribution >= 0.6 is 0 Å². The summed E-state index contributed by atoms with van der Waals surface area (Å²) < 4.78 is 5.21. The zero-order chi connectivity index (χ0) is 12.8. The maximum atomic E-state index is 11.8. The third-order valence-electron chi connectivity index (χ3n) is 3.96. The molecule has 1 fully saturated rings. The van der Waals surface area contributed by atoms with E-state index in [0.717, 1.165) is 12.3 Å². The third kappa shape index (κ3) is 4.30. The molecular formula is C14H27NO2. The highest BCUT2D eigenvalue weighted by Crippen LogP contribution is 2.27. The van der Waals surface area contributed by atoms with Gasteiger partial charge in [-0.05, 0) is 52.0 Å². The average molecular weight is 241 g/mol. The van der Waals surface area contributed by atoms with Crippen LogP contribution in [0.4, 0.5) is 0 Å². The first-order valence-corrected chi connectivity index (χ1v) is 6.94. The SMILES string of the molecule is CCCOC(=O)[C@@H](C)N(C)C1CCC(C)CC1. The van der Waals surface area contributed by atoms with E-state index in [1.807, 2.05) is 13.8 Å². The van der Waals surface area contributed by atoms with E-state index >= 15 is 0 Å². The largest absolute Gasteiger partial charge is 0.465 e. The standard InChI is InChI=1S/C14H27NO2/c1-5-10-17-14(16)12(3)15(4)13-8-6-11(2)7-9-13/h11-13H,5-10H2,1-4H3/t11?,12-,13?/m1/s1. The van der Waals surface area contributed by atoms with Crippen LogP contribution in [-0.4, -0.2) is 36.6 Å². The van der Waals surface area contributed by atoms with Gasteiger partial charge in [0.1, 0.15) is 6.04 Å². The van der Waals surface area contributed by atoms with Gasteiger partial charge in [-0.15, -0.1) is 0 Å². The molecule has 0 radical (unpaired) electrons. The van der Waals surface area contributed by atoms with E-state index in [4.69, 9.17) is 4.74 Å². The minimum atomic E-state index is -0.111. The smallest absolute Gasteiger partial charge is 0.323 e. The molecule has 0 aromatic carbocycles. The molecule has 3 heteroatoms. The fourth-order valence-corrected chi connectivity index (χ4v) is 2.46. The molecule has 1 aliphatic rings. The Morgan fingerprint density at radius 2 is 1.94 bits per heavy atom.